The molecule has 0 radical (unpaired) electrons. The Kier molecular flexibility index (Phi) is 4.81. The standard InChI is InChI=1S/C12H17FN2/c1-3-4-5-10(2)14-15-12-8-6-11(13)7-9-12/h6-9,15H,3-5H2,1-2H3/b14-10-. The molecule has 1 rings (SSSR count). The average molecular weight is 208 g/mol. The van der Waals surface area contributed by atoms with Crippen molar-refractivity contribution in [1.29, 1.82) is 0 Å². The quantitative estimate of drug-likeness (QED) is 0.577. The Morgan fingerprint density at radius 1 is 1.33 bits per heavy atom. The average Bonchev–Trinajstić information content (AvgIpc) is 2.25. The number of nitrogens with one attached hydrogen (secondary N) is 1. The molecule has 2 nitrogen and oxygen atoms in total. The predicted octanol–water partition coefficient (Wildman–Crippen LogP) is 3.80. The molecule has 0 bridgehead atoms. The van der Waals surface area contributed by atoms with Crippen molar-refractivity contribution in [3.63, 3.8) is 0 Å². The number of rotatable bonds is 5. The predicted molar refractivity (Wildman–Crippen MR) is 62.7 cm³/mol. The van der Waals surface area contributed by atoms with Crippen molar-refractivity contribution in [2.45, 2.75) is 33.1 Å². The van der Waals surface area contributed by atoms with Crippen molar-refractivity contribution in [3.05, 3.63) is 30.1 Å². The van der Waals surface area contributed by atoms with Gasteiger partial charge in [-0.15, -0.1) is 0 Å². The number of hydrogen-bond acceptors (Lipinski definition) is 2. The number of unbranched alkanes of at least 4 members (excludes halogenated alkanes) is 1. The van der Waals surface area contributed by atoms with Gasteiger partial charge in [-0.1, -0.05) is 13.3 Å². The molecule has 15 heavy (non-hydrogen) atoms. The Morgan fingerprint density at radius 3 is 2.60 bits per heavy atom. The van der Waals surface area contributed by atoms with E-state index in [1.54, 1.807) is 12.1 Å². The van der Waals surface area contributed by atoms with Crippen LogP contribution in [0.2, 0.25) is 0 Å². The largest absolute Gasteiger partial charge is 0.279 e. The van der Waals surface area contributed by atoms with Crippen LogP contribution in [0.5, 0.6) is 0 Å². The Morgan fingerprint density at radius 2 is 2.00 bits per heavy atom. The fourth-order valence-electron chi connectivity index (χ4n) is 1.17. The van der Waals surface area contributed by atoms with E-state index < -0.39 is 0 Å². The second-order valence-corrected chi connectivity index (χ2v) is 3.57. The second kappa shape index (κ2) is 6.17. The lowest BCUT2D eigenvalue weighted by molar-refractivity contribution is 0.628. The van der Waals surface area contributed by atoms with Crippen molar-refractivity contribution < 1.29 is 4.39 Å². The first-order chi connectivity index (χ1) is 7.22. The molecule has 0 spiro atoms. The first kappa shape index (κ1) is 11.7. The van der Waals surface area contributed by atoms with Crippen LogP contribution < -0.4 is 5.43 Å². The third-order valence-corrected chi connectivity index (χ3v) is 2.11. The number of nitrogens with zero attached hydrogens (tertiary/aromatic N) is 1. The molecule has 0 aliphatic carbocycles. The van der Waals surface area contributed by atoms with E-state index in [2.05, 4.69) is 17.5 Å². The van der Waals surface area contributed by atoms with Crippen LogP contribution in [-0.2, 0) is 0 Å². The normalized spacial score (nSPS) is 11.5. The molecule has 0 aliphatic rings. The van der Waals surface area contributed by atoms with Crippen molar-refractivity contribution >= 4 is 11.4 Å². The van der Waals surface area contributed by atoms with Gasteiger partial charge in [-0.25, -0.2) is 4.39 Å². The Hall–Kier alpha value is -1.38. The Labute approximate surface area is 90.2 Å². The van der Waals surface area contributed by atoms with Crippen LogP contribution in [0.3, 0.4) is 0 Å². The van der Waals surface area contributed by atoms with E-state index >= 15 is 0 Å². The third kappa shape index (κ3) is 4.58. The number of hydrogen-bond donors (Lipinski definition) is 1. The monoisotopic (exact) mass is 208 g/mol. The van der Waals surface area contributed by atoms with Crippen molar-refractivity contribution in [3.8, 4) is 0 Å². The van der Waals surface area contributed by atoms with E-state index in [9.17, 15) is 4.39 Å². The molecule has 0 saturated heterocycles. The summed E-state index contributed by atoms with van der Waals surface area (Å²) < 4.78 is 12.6. The van der Waals surface area contributed by atoms with Gasteiger partial charge in [0.15, 0.2) is 0 Å². The summed E-state index contributed by atoms with van der Waals surface area (Å²) in [7, 11) is 0. The van der Waals surface area contributed by atoms with Gasteiger partial charge in [0.2, 0.25) is 0 Å². The van der Waals surface area contributed by atoms with Crippen molar-refractivity contribution in [1.82, 2.24) is 0 Å². The summed E-state index contributed by atoms with van der Waals surface area (Å²) in [5.74, 6) is -0.229. The summed E-state index contributed by atoms with van der Waals surface area (Å²) in [5.41, 5.74) is 4.78. The zero-order chi connectivity index (χ0) is 11.1. The van der Waals surface area contributed by atoms with E-state index in [-0.39, 0.29) is 5.82 Å². The SMILES string of the molecule is CCCC/C(C)=N\Nc1ccc(F)cc1. The lowest BCUT2D eigenvalue weighted by Gasteiger charge is -2.02. The van der Waals surface area contributed by atoms with E-state index in [1.807, 2.05) is 6.92 Å². The smallest absolute Gasteiger partial charge is 0.123 e. The van der Waals surface area contributed by atoms with Crippen LogP contribution in [0.25, 0.3) is 0 Å². The van der Waals surface area contributed by atoms with Gasteiger partial charge in [0, 0.05) is 5.71 Å². The fourth-order valence-corrected chi connectivity index (χ4v) is 1.17. The molecular weight excluding hydrogens is 191 g/mol. The number of anilines is 1. The molecule has 0 atom stereocenters. The van der Waals surface area contributed by atoms with E-state index in [0.717, 1.165) is 24.2 Å². The highest BCUT2D eigenvalue weighted by Gasteiger charge is 1.93. The second-order valence-electron chi connectivity index (χ2n) is 3.57. The summed E-state index contributed by atoms with van der Waals surface area (Å²) in [6, 6.07) is 6.18. The molecule has 1 aromatic carbocycles. The molecule has 82 valence electrons. The molecule has 3 heteroatoms. The summed E-state index contributed by atoms with van der Waals surface area (Å²) in [6.45, 7) is 4.15. The molecule has 1 N–H and O–H groups in total. The minimum Gasteiger partial charge on any atom is -0.279 e. The van der Waals surface area contributed by atoms with Gasteiger partial charge in [-0.3, -0.25) is 5.43 Å². The van der Waals surface area contributed by atoms with Gasteiger partial charge in [-0.05, 0) is 44.0 Å². The molecule has 0 fully saturated rings. The highest BCUT2D eigenvalue weighted by atomic mass is 19.1. The maximum atomic E-state index is 12.6. The topological polar surface area (TPSA) is 24.4 Å². The van der Waals surface area contributed by atoms with Crippen molar-refractivity contribution in [2.75, 3.05) is 5.43 Å². The third-order valence-electron chi connectivity index (χ3n) is 2.11. The summed E-state index contributed by atoms with van der Waals surface area (Å²) in [6.07, 6.45) is 3.33. The Bertz CT molecular complexity index is 317. The first-order valence-corrected chi connectivity index (χ1v) is 5.27. The van der Waals surface area contributed by atoms with Crippen LogP contribution in [0.1, 0.15) is 33.1 Å². The zero-order valence-corrected chi connectivity index (χ0v) is 9.26. The van der Waals surface area contributed by atoms with E-state index in [0.29, 0.717) is 0 Å². The maximum absolute atomic E-state index is 12.6. The van der Waals surface area contributed by atoms with Gasteiger partial charge in [0.05, 0.1) is 5.69 Å². The number of benzene rings is 1. The first-order valence-electron chi connectivity index (χ1n) is 5.27. The number of halogens is 1. The van der Waals surface area contributed by atoms with Gasteiger partial charge in [-0.2, -0.15) is 5.10 Å². The van der Waals surface area contributed by atoms with Crippen LogP contribution in [0.15, 0.2) is 29.4 Å². The van der Waals surface area contributed by atoms with Gasteiger partial charge in [0.25, 0.3) is 0 Å². The molecular formula is C12H17FN2. The summed E-state index contributed by atoms with van der Waals surface area (Å²) >= 11 is 0. The van der Waals surface area contributed by atoms with Crippen molar-refractivity contribution in [2.24, 2.45) is 5.10 Å². The van der Waals surface area contributed by atoms with Crippen LogP contribution >= 0.6 is 0 Å². The van der Waals surface area contributed by atoms with Crippen LogP contribution in [0.4, 0.5) is 10.1 Å². The highest BCUT2D eigenvalue weighted by Crippen LogP contribution is 2.08. The minimum absolute atomic E-state index is 0.229. The lowest BCUT2D eigenvalue weighted by atomic mass is 10.2. The molecule has 0 aromatic heterocycles. The number of hydrazone groups is 1. The molecule has 1 aromatic rings. The van der Waals surface area contributed by atoms with Gasteiger partial charge >= 0.3 is 0 Å². The summed E-state index contributed by atoms with van der Waals surface area (Å²) in [4.78, 5) is 0. The molecule has 0 aliphatic heterocycles. The highest BCUT2D eigenvalue weighted by molar-refractivity contribution is 5.82. The van der Waals surface area contributed by atoms with E-state index in [4.69, 9.17) is 0 Å². The molecule has 0 amide bonds. The Balaban J connectivity index is 2.45. The molecule has 0 saturated carbocycles. The van der Waals surface area contributed by atoms with E-state index in [1.165, 1.54) is 18.6 Å². The van der Waals surface area contributed by atoms with Gasteiger partial charge < -0.3 is 0 Å². The zero-order valence-electron chi connectivity index (χ0n) is 9.26. The molecule has 0 heterocycles. The van der Waals surface area contributed by atoms with Crippen LogP contribution in [0, 0.1) is 5.82 Å². The summed E-state index contributed by atoms with van der Waals surface area (Å²) in [5, 5.41) is 4.21. The lowest BCUT2D eigenvalue weighted by Crippen LogP contribution is -1.97. The maximum Gasteiger partial charge on any atom is 0.123 e. The van der Waals surface area contributed by atoms with Crippen LogP contribution in [-0.4, -0.2) is 5.71 Å². The van der Waals surface area contributed by atoms with Gasteiger partial charge in [0.1, 0.15) is 5.82 Å². The molecule has 0 unspecified atom stereocenters. The minimum atomic E-state index is -0.229. The fraction of sp³-hybridized carbons (Fsp3) is 0.417.